The molecule has 3 aromatic heterocycles. The summed E-state index contributed by atoms with van der Waals surface area (Å²) in [5, 5.41) is 10.1. The van der Waals surface area contributed by atoms with Crippen LogP contribution in [0.4, 0.5) is 0 Å². The summed E-state index contributed by atoms with van der Waals surface area (Å²) in [6.45, 7) is 1.32. The number of nitrogens with zero attached hydrogens (tertiary/aromatic N) is 4. The molecule has 5 rings (SSSR count). The summed E-state index contributed by atoms with van der Waals surface area (Å²) in [5.74, 6) is 1.30. The number of carbonyl (C=O) groups is 1. The summed E-state index contributed by atoms with van der Waals surface area (Å²) in [5.41, 5.74) is 1.49. The molecule has 0 bridgehead atoms. The van der Waals surface area contributed by atoms with Crippen molar-refractivity contribution in [2.75, 3.05) is 13.1 Å². The second-order valence-corrected chi connectivity index (χ2v) is 7.31. The highest BCUT2D eigenvalue weighted by molar-refractivity contribution is 6.31. The lowest BCUT2D eigenvalue weighted by Crippen LogP contribution is -2.39. The Morgan fingerprint density at radius 3 is 3.04 bits per heavy atom. The number of piperidine rings is 1. The summed E-state index contributed by atoms with van der Waals surface area (Å²) in [6, 6.07) is 13.0. The van der Waals surface area contributed by atoms with Crippen LogP contribution in [0.1, 0.15) is 35.1 Å². The minimum atomic E-state index is -0.0964. The van der Waals surface area contributed by atoms with Gasteiger partial charge >= 0.3 is 0 Å². The predicted molar refractivity (Wildman–Crippen MR) is 102 cm³/mol. The molecule has 0 saturated carbocycles. The highest BCUT2D eigenvalue weighted by atomic mass is 35.5. The molecular weight excluding hydrogens is 364 g/mol. The standard InChI is InChI=1S/C20H17ClN4O2/c21-15-6-7-16-14(10-15)11-17(27-16)20(26)24-8-3-4-13(12-24)19-23-22-18-5-1-2-9-25(18)19/h1-2,5-7,9-11,13H,3-4,8,12H2. The SMILES string of the molecule is O=C(c1cc2cc(Cl)ccc2o1)N1CCCC(c2nnc3ccccn23)C1. The number of hydrogen-bond acceptors (Lipinski definition) is 4. The van der Waals surface area contributed by atoms with Crippen LogP contribution in [0.3, 0.4) is 0 Å². The summed E-state index contributed by atoms with van der Waals surface area (Å²) >= 11 is 6.03. The fourth-order valence-corrected chi connectivity index (χ4v) is 3.97. The van der Waals surface area contributed by atoms with E-state index in [0.717, 1.165) is 29.7 Å². The van der Waals surface area contributed by atoms with Crippen molar-refractivity contribution in [1.29, 1.82) is 0 Å². The van der Waals surface area contributed by atoms with Gasteiger partial charge in [-0.1, -0.05) is 17.7 Å². The molecular formula is C20H17ClN4O2. The lowest BCUT2D eigenvalue weighted by Gasteiger charge is -2.31. The summed E-state index contributed by atoms with van der Waals surface area (Å²) in [7, 11) is 0. The minimum Gasteiger partial charge on any atom is -0.451 e. The van der Waals surface area contributed by atoms with Gasteiger partial charge in [0.15, 0.2) is 11.4 Å². The Balaban J connectivity index is 1.42. The Hall–Kier alpha value is -2.86. The Labute approximate surface area is 160 Å². The fraction of sp³-hybridized carbons (Fsp3) is 0.250. The molecule has 0 aliphatic carbocycles. The zero-order valence-corrected chi connectivity index (χ0v) is 15.3. The van der Waals surface area contributed by atoms with Crippen molar-refractivity contribution in [1.82, 2.24) is 19.5 Å². The number of halogens is 1. The van der Waals surface area contributed by atoms with Crippen LogP contribution in [0.25, 0.3) is 16.6 Å². The Morgan fingerprint density at radius 2 is 2.11 bits per heavy atom. The molecule has 0 N–H and O–H groups in total. The number of furan rings is 1. The van der Waals surface area contributed by atoms with Crippen LogP contribution in [0.15, 0.2) is 53.1 Å². The van der Waals surface area contributed by atoms with Crippen LogP contribution in [0, 0.1) is 0 Å². The maximum absolute atomic E-state index is 13.0. The quantitative estimate of drug-likeness (QED) is 0.524. The molecule has 1 atom stereocenters. The number of carbonyl (C=O) groups excluding carboxylic acids is 1. The number of benzene rings is 1. The highest BCUT2D eigenvalue weighted by Gasteiger charge is 2.29. The third-order valence-electron chi connectivity index (χ3n) is 5.10. The average Bonchev–Trinajstić information content (AvgIpc) is 3.31. The van der Waals surface area contributed by atoms with Gasteiger partial charge in [0.2, 0.25) is 0 Å². The van der Waals surface area contributed by atoms with E-state index in [9.17, 15) is 4.79 Å². The molecule has 1 amide bonds. The first-order valence-corrected chi connectivity index (χ1v) is 9.35. The zero-order valence-electron chi connectivity index (χ0n) is 14.5. The fourth-order valence-electron chi connectivity index (χ4n) is 3.79. The van der Waals surface area contributed by atoms with Gasteiger partial charge in [-0.25, -0.2) is 0 Å². The average molecular weight is 381 g/mol. The normalized spacial score (nSPS) is 17.7. The third kappa shape index (κ3) is 2.86. The predicted octanol–water partition coefficient (Wildman–Crippen LogP) is 4.15. The summed E-state index contributed by atoms with van der Waals surface area (Å²) in [6.07, 6.45) is 3.87. The highest BCUT2D eigenvalue weighted by Crippen LogP contribution is 2.29. The first-order chi connectivity index (χ1) is 13.2. The van der Waals surface area contributed by atoms with Crippen molar-refractivity contribution in [3.05, 3.63) is 65.3 Å². The molecule has 27 heavy (non-hydrogen) atoms. The molecule has 4 heterocycles. The van der Waals surface area contributed by atoms with Crippen molar-refractivity contribution in [3.63, 3.8) is 0 Å². The van der Waals surface area contributed by atoms with E-state index in [1.807, 2.05) is 33.7 Å². The Morgan fingerprint density at radius 1 is 1.19 bits per heavy atom. The number of pyridine rings is 1. The lowest BCUT2D eigenvalue weighted by molar-refractivity contribution is 0.0674. The number of fused-ring (bicyclic) bond motifs is 2. The number of rotatable bonds is 2. The van der Waals surface area contributed by atoms with E-state index in [-0.39, 0.29) is 11.8 Å². The molecule has 1 aromatic carbocycles. The van der Waals surface area contributed by atoms with Gasteiger partial charge in [-0.3, -0.25) is 9.20 Å². The number of amides is 1. The van der Waals surface area contributed by atoms with Crippen molar-refractivity contribution >= 4 is 34.1 Å². The van der Waals surface area contributed by atoms with Crippen LogP contribution < -0.4 is 0 Å². The van der Waals surface area contributed by atoms with E-state index in [0.29, 0.717) is 29.5 Å². The van der Waals surface area contributed by atoms with E-state index < -0.39 is 0 Å². The number of hydrogen-bond donors (Lipinski definition) is 0. The van der Waals surface area contributed by atoms with Crippen molar-refractivity contribution < 1.29 is 9.21 Å². The van der Waals surface area contributed by atoms with E-state index >= 15 is 0 Å². The molecule has 1 saturated heterocycles. The van der Waals surface area contributed by atoms with Gasteiger partial charge in [0.1, 0.15) is 11.4 Å². The van der Waals surface area contributed by atoms with Crippen molar-refractivity contribution in [2.45, 2.75) is 18.8 Å². The summed E-state index contributed by atoms with van der Waals surface area (Å²) < 4.78 is 7.75. The second kappa shape index (κ2) is 6.39. The maximum Gasteiger partial charge on any atom is 0.289 e. The van der Waals surface area contributed by atoms with Gasteiger partial charge in [0, 0.05) is 35.6 Å². The topological polar surface area (TPSA) is 63.6 Å². The zero-order chi connectivity index (χ0) is 18.4. The monoisotopic (exact) mass is 380 g/mol. The Bertz CT molecular complexity index is 1150. The molecule has 1 aliphatic heterocycles. The molecule has 136 valence electrons. The van der Waals surface area contributed by atoms with Gasteiger partial charge in [-0.2, -0.15) is 0 Å². The van der Waals surface area contributed by atoms with E-state index in [1.54, 1.807) is 24.3 Å². The van der Waals surface area contributed by atoms with Gasteiger partial charge < -0.3 is 9.32 Å². The maximum atomic E-state index is 13.0. The first-order valence-electron chi connectivity index (χ1n) is 8.97. The smallest absolute Gasteiger partial charge is 0.289 e. The van der Waals surface area contributed by atoms with Crippen LogP contribution in [-0.2, 0) is 0 Å². The van der Waals surface area contributed by atoms with Gasteiger partial charge in [0.25, 0.3) is 5.91 Å². The van der Waals surface area contributed by atoms with Crippen LogP contribution in [0.2, 0.25) is 5.02 Å². The minimum absolute atomic E-state index is 0.0964. The van der Waals surface area contributed by atoms with E-state index in [2.05, 4.69) is 10.2 Å². The first kappa shape index (κ1) is 16.3. The molecule has 0 spiro atoms. The molecule has 6 nitrogen and oxygen atoms in total. The van der Waals surface area contributed by atoms with Crippen LogP contribution in [0.5, 0.6) is 0 Å². The van der Waals surface area contributed by atoms with Gasteiger partial charge in [-0.15, -0.1) is 10.2 Å². The Kier molecular flexibility index (Phi) is 3.86. The van der Waals surface area contributed by atoms with E-state index in [4.69, 9.17) is 16.0 Å². The van der Waals surface area contributed by atoms with E-state index in [1.165, 1.54) is 0 Å². The molecule has 1 fully saturated rings. The number of likely N-dealkylation sites (tertiary alicyclic amines) is 1. The van der Waals surface area contributed by atoms with Crippen molar-refractivity contribution in [2.24, 2.45) is 0 Å². The van der Waals surface area contributed by atoms with Crippen LogP contribution in [-0.4, -0.2) is 38.5 Å². The second-order valence-electron chi connectivity index (χ2n) is 6.87. The largest absolute Gasteiger partial charge is 0.451 e. The molecule has 1 unspecified atom stereocenters. The van der Waals surface area contributed by atoms with Gasteiger partial charge in [0.05, 0.1) is 0 Å². The third-order valence-corrected chi connectivity index (χ3v) is 5.34. The van der Waals surface area contributed by atoms with Crippen LogP contribution >= 0.6 is 11.6 Å². The number of aromatic nitrogens is 3. The molecule has 4 aromatic rings. The van der Waals surface area contributed by atoms with Crippen molar-refractivity contribution in [3.8, 4) is 0 Å². The summed E-state index contributed by atoms with van der Waals surface area (Å²) in [4.78, 5) is 14.8. The molecule has 0 radical (unpaired) electrons. The van der Waals surface area contributed by atoms with Gasteiger partial charge in [-0.05, 0) is 49.2 Å². The molecule has 7 heteroatoms. The molecule has 1 aliphatic rings. The lowest BCUT2D eigenvalue weighted by atomic mass is 9.97.